The highest BCUT2D eigenvalue weighted by molar-refractivity contribution is 5.94. The van der Waals surface area contributed by atoms with Gasteiger partial charge in [0.15, 0.2) is 0 Å². The van der Waals surface area contributed by atoms with Gasteiger partial charge in [-0.1, -0.05) is 34.5 Å². The molecule has 1 atom stereocenters. The molecule has 0 bridgehead atoms. The highest BCUT2D eigenvalue weighted by Gasteiger charge is 2.34. The molecule has 4 rings (SSSR count). The number of benzene rings is 1. The van der Waals surface area contributed by atoms with E-state index in [1.165, 1.54) is 11.1 Å². The summed E-state index contributed by atoms with van der Waals surface area (Å²) >= 11 is 0. The van der Waals surface area contributed by atoms with Crippen molar-refractivity contribution in [3.63, 3.8) is 0 Å². The van der Waals surface area contributed by atoms with E-state index in [1.807, 2.05) is 23.2 Å². The number of hydrogen-bond acceptors (Lipinski definition) is 4. The van der Waals surface area contributed by atoms with Crippen LogP contribution in [0.25, 0.3) is 5.57 Å². The van der Waals surface area contributed by atoms with Crippen LogP contribution in [0.3, 0.4) is 0 Å². The van der Waals surface area contributed by atoms with Crippen LogP contribution in [0.4, 0.5) is 0 Å². The minimum atomic E-state index is -0.0656. The van der Waals surface area contributed by atoms with Crippen molar-refractivity contribution in [2.75, 3.05) is 13.2 Å². The first-order valence-corrected chi connectivity index (χ1v) is 8.16. The van der Waals surface area contributed by atoms with Gasteiger partial charge in [0, 0.05) is 25.3 Å². The number of azo groups is 2. The highest BCUT2D eigenvalue weighted by Crippen LogP contribution is 2.28. The SMILES string of the molecule is Cc1cccc(C2=CN=[N+]3C=CC(NC4CCOCC4)=NC23)c1. The molecule has 5 heteroatoms. The van der Waals surface area contributed by atoms with Gasteiger partial charge in [-0.3, -0.25) is 0 Å². The maximum atomic E-state index is 5.41. The summed E-state index contributed by atoms with van der Waals surface area (Å²) in [5.74, 6) is 0.939. The first-order valence-electron chi connectivity index (χ1n) is 8.16. The molecule has 0 aliphatic carbocycles. The Hall–Kier alpha value is -2.27. The van der Waals surface area contributed by atoms with E-state index in [1.54, 1.807) is 0 Å². The van der Waals surface area contributed by atoms with Crippen molar-refractivity contribution >= 4 is 11.4 Å². The second-order valence-electron chi connectivity index (χ2n) is 6.18. The van der Waals surface area contributed by atoms with E-state index < -0.39 is 0 Å². The summed E-state index contributed by atoms with van der Waals surface area (Å²) in [4.78, 5) is 4.87. The molecule has 3 aliphatic heterocycles. The summed E-state index contributed by atoms with van der Waals surface area (Å²) in [6.07, 6.45) is 7.92. The lowest BCUT2D eigenvalue weighted by atomic mass is 10.0. The summed E-state index contributed by atoms with van der Waals surface area (Å²) in [7, 11) is 0. The fourth-order valence-electron chi connectivity index (χ4n) is 3.16. The van der Waals surface area contributed by atoms with Crippen LogP contribution < -0.4 is 5.32 Å². The Morgan fingerprint density at radius 1 is 1.26 bits per heavy atom. The number of aliphatic imine (C=N–C) groups is 1. The molecule has 1 unspecified atom stereocenters. The fraction of sp³-hybridized carbons (Fsp3) is 0.389. The summed E-state index contributed by atoms with van der Waals surface area (Å²) < 4.78 is 7.32. The zero-order chi connectivity index (χ0) is 15.6. The molecule has 1 N–H and O–H groups in total. The van der Waals surface area contributed by atoms with Gasteiger partial charge in [-0.2, -0.15) is 4.99 Å². The third kappa shape index (κ3) is 2.97. The number of nitrogens with one attached hydrogen (secondary N) is 1. The highest BCUT2D eigenvalue weighted by atomic mass is 16.5. The Morgan fingerprint density at radius 3 is 2.96 bits per heavy atom. The van der Waals surface area contributed by atoms with Gasteiger partial charge in [0.1, 0.15) is 12.0 Å². The first-order chi connectivity index (χ1) is 11.3. The first kappa shape index (κ1) is 14.3. The third-order valence-electron chi connectivity index (χ3n) is 4.43. The fourth-order valence-corrected chi connectivity index (χ4v) is 3.16. The van der Waals surface area contributed by atoms with Gasteiger partial charge in [0.2, 0.25) is 6.20 Å². The average Bonchev–Trinajstić information content (AvgIpc) is 2.99. The van der Waals surface area contributed by atoms with E-state index in [4.69, 9.17) is 9.73 Å². The zero-order valence-corrected chi connectivity index (χ0v) is 13.3. The summed E-state index contributed by atoms with van der Waals surface area (Å²) in [5, 5.41) is 8.00. The van der Waals surface area contributed by atoms with Gasteiger partial charge >= 0.3 is 6.17 Å². The van der Waals surface area contributed by atoms with Crippen LogP contribution in [-0.2, 0) is 4.74 Å². The number of nitrogens with zero attached hydrogens (tertiary/aromatic N) is 3. The molecule has 23 heavy (non-hydrogen) atoms. The predicted octanol–water partition coefficient (Wildman–Crippen LogP) is 2.83. The van der Waals surface area contributed by atoms with Gasteiger partial charge in [0.05, 0.1) is 5.57 Å². The van der Waals surface area contributed by atoms with E-state index in [0.29, 0.717) is 6.04 Å². The number of hydrogen-bond donors (Lipinski definition) is 1. The Labute approximate surface area is 136 Å². The third-order valence-corrected chi connectivity index (χ3v) is 4.43. The molecule has 118 valence electrons. The Kier molecular flexibility index (Phi) is 3.79. The molecular formula is C18H21N4O+. The summed E-state index contributed by atoms with van der Waals surface area (Å²) in [6.45, 7) is 3.76. The van der Waals surface area contributed by atoms with E-state index in [2.05, 4.69) is 41.6 Å². The number of aryl methyl sites for hydroxylation is 1. The van der Waals surface area contributed by atoms with E-state index in [-0.39, 0.29) is 6.17 Å². The smallest absolute Gasteiger partial charge is 0.306 e. The second kappa shape index (κ2) is 6.08. The second-order valence-corrected chi connectivity index (χ2v) is 6.18. The van der Waals surface area contributed by atoms with Gasteiger partial charge in [-0.25, -0.2) is 0 Å². The molecule has 0 amide bonds. The van der Waals surface area contributed by atoms with Crippen molar-refractivity contribution in [2.45, 2.75) is 32.0 Å². The lowest BCUT2D eigenvalue weighted by Gasteiger charge is -2.24. The summed E-state index contributed by atoms with van der Waals surface area (Å²) in [5.41, 5.74) is 3.58. The van der Waals surface area contributed by atoms with Crippen molar-refractivity contribution in [1.82, 2.24) is 5.32 Å². The standard InChI is InChI=1S/C18H21N4O/c1-13-3-2-4-14(11-13)16-12-19-22-8-5-17(21-18(16)22)20-15-6-9-23-10-7-15/h2-5,8,11-12,15,18H,6-7,9-10H2,1H3,(H,20,21)/q+1. The summed E-state index contributed by atoms with van der Waals surface area (Å²) in [6, 6.07) is 8.94. The molecule has 1 aromatic carbocycles. The van der Waals surface area contributed by atoms with Crippen LogP contribution in [0.5, 0.6) is 0 Å². The Bertz CT molecular complexity index is 726. The van der Waals surface area contributed by atoms with Crippen LogP contribution in [0.1, 0.15) is 24.0 Å². The largest absolute Gasteiger partial charge is 0.381 e. The van der Waals surface area contributed by atoms with Crippen LogP contribution in [-0.4, -0.2) is 36.0 Å². The molecule has 1 saturated heterocycles. The number of fused-ring (bicyclic) bond motifs is 1. The molecule has 1 fully saturated rings. The Balaban J connectivity index is 1.54. The maximum Gasteiger partial charge on any atom is 0.306 e. The molecule has 0 spiro atoms. The van der Waals surface area contributed by atoms with Crippen molar-refractivity contribution < 1.29 is 9.43 Å². The minimum Gasteiger partial charge on any atom is -0.381 e. The topological polar surface area (TPSA) is 49.0 Å². The van der Waals surface area contributed by atoms with Crippen molar-refractivity contribution in [1.29, 1.82) is 0 Å². The van der Waals surface area contributed by atoms with Crippen LogP contribution in [0.2, 0.25) is 0 Å². The molecular weight excluding hydrogens is 288 g/mol. The van der Waals surface area contributed by atoms with Gasteiger partial charge in [-0.15, -0.1) is 0 Å². The number of amidine groups is 1. The average molecular weight is 309 g/mol. The molecule has 3 heterocycles. The van der Waals surface area contributed by atoms with E-state index in [9.17, 15) is 0 Å². The zero-order valence-electron chi connectivity index (χ0n) is 13.3. The van der Waals surface area contributed by atoms with Crippen molar-refractivity contribution in [3.8, 4) is 0 Å². The number of ether oxygens (including phenoxy) is 1. The minimum absolute atomic E-state index is 0.0656. The molecule has 5 nitrogen and oxygen atoms in total. The molecule has 0 aromatic heterocycles. The van der Waals surface area contributed by atoms with Gasteiger partial charge in [-0.05, 0) is 30.4 Å². The van der Waals surface area contributed by atoms with E-state index in [0.717, 1.165) is 37.5 Å². The molecule has 0 saturated carbocycles. The van der Waals surface area contributed by atoms with Crippen LogP contribution in [0.15, 0.2) is 52.8 Å². The predicted molar refractivity (Wildman–Crippen MR) is 89.2 cm³/mol. The quantitative estimate of drug-likeness (QED) is 0.854. The molecule has 0 radical (unpaired) electrons. The number of rotatable bonds is 2. The molecule has 3 aliphatic rings. The van der Waals surface area contributed by atoms with Crippen LogP contribution in [0, 0.1) is 6.92 Å². The van der Waals surface area contributed by atoms with Gasteiger partial charge < -0.3 is 10.1 Å². The van der Waals surface area contributed by atoms with Gasteiger partial charge in [0.25, 0.3) is 0 Å². The van der Waals surface area contributed by atoms with Crippen LogP contribution >= 0.6 is 0 Å². The molecule has 1 aromatic rings. The Morgan fingerprint density at radius 2 is 2.13 bits per heavy atom. The van der Waals surface area contributed by atoms with E-state index >= 15 is 0 Å². The maximum absolute atomic E-state index is 5.41. The normalized spacial score (nSPS) is 23.9. The monoisotopic (exact) mass is 309 g/mol. The lowest BCUT2D eigenvalue weighted by molar-refractivity contribution is -0.542. The van der Waals surface area contributed by atoms with Crippen molar-refractivity contribution in [3.05, 3.63) is 53.9 Å². The lowest BCUT2D eigenvalue weighted by Crippen LogP contribution is -2.40. The van der Waals surface area contributed by atoms with Crippen molar-refractivity contribution in [2.24, 2.45) is 10.1 Å².